The van der Waals surface area contributed by atoms with Crippen molar-refractivity contribution in [2.45, 2.75) is 13.3 Å². The molecule has 0 atom stereocenters. The first-order valence-corrected chi connectivity index (χ1v) is 5.47. The van der Waals surface area contributed by atoms with E-state index in [4.69, 9.17) is 9.15 Å². The Morgan fingerprint density at radius 2 is 2.22 bits per heavy atom. The van der Waals surface area contributed by atoms with Crippen molar-refractivity contribution in [2.75, 3.05) is 6.61 Å². The number of nitro benzene ring substituents is 1. The number of ether oxygens (including phenoxy) is 1. The molecule has 0 bridgehead atoms. The van der Waals surface area contributed by atoms with Gasteiger partial charge in [-0.05, 0) is 18.6 Å². The molecule has 0 unspecified atom stereocenters. The quantitative estimate of drug-likeness (QED) is 0.472. The largest absolute Gasteiger partial charge is 0.460 e. The zero-order valence-corrected chi connectivity index (χ0v) is 9.71. The fourth-order valence-corrected chi connectivity index (χ4v) is 1.51. The predicted molar refractivity (Wildman–Crippen MR) is 63.4 cm³/mol. The van der Waals surface area contributed by atoms with Crippen molar-refractivity contribution in [3.05, 3.63) is 40.1 Å². The Labute approximate surface area is 102 Å². The molecule has 1 aromatic carbocycles. The number of carbonyl (C=O) groups excluding carboxylic acids is 1. The summed E-state index contributed by atoms with van der Waals surface area (Å²) >= 11 is 0. The number of non-ortho nitro benzene ring substituents is 1. The van der Waals surface area contributed by atoms with Gasteiger partial charge in [-0.25, -0.2) is 4.79 Å². The number of furan rings is 1. The Morgan fingerprint density at radius 3 is 2.89 bits per heavy atom. The lowest BCUT2D eigenvalue weighted by atomic mass is 10.2. The van der Waals surface area contributed by atoms with E-state index < -0.39 is 10.9 Å². The zero-order chi connectivity index (χ0) is 13.1. The highest BCUT2D eigenvalue weighted by molar-refractivity contribution is 5.93. The van der Waals surface area contributed by atoms with Crippen LogP contribution in [0.2, 0.25) is 0 Å². The van der Waals surface area contributed by atoms with E-state index in [0.717, 1.165) is 6.42 Å². The second-order valence-electron chi connectivity index (χ2n) is 3.73. The molecule has 0 N–H and O–H groups in total. The maximum Gasteiger partial charge on any atom is 0.374 e. The van der Waals surface area contributed by atoms with Crippen molar-refractivity contribution in [3.63, 3.8) is 0 Å². The second-order valence-corrected chi connectivity index (χ2v) is 3.73. The van der Waals surface area contributed by atoms with E-state index in [0.29, 0.717) is 17.6 Å². The topological polar surface area (TPSA) is 82.6 Å². The molecule has 0 saturated carbocycles. The summed E-state index contributed by atoms with van der Waals surface area (Å²) in [5, 5.41) is 11.1. The van der Waals surface area contributed by atoms with Gasteiger partial charge in [-0.3, -0.25) is 10.1 Å². The normalized spacial score (nSPS) is 10.5. The van der Waals surface area contributed by atoms with E-state index in [9.17, 15) is 14.9 Å². The van der Waals surface area contributed by atoms with E-state index in [1.807, 2.05) is 6.92 Å². The zero-order valence-electron chi connectivity index (χ0n) is 9.71. The van der Waals surface area contributed by atoms with E-state index >= 15 is 0 Å². The average Bonchev–Trinajstić information content (AvgIpc) is 2.78. The minimum atomic E-state index is -0.560. The van der Waals surface area contributed by atoms with Crippen LogP contribution < -0.4 is 0 Å². The summed E-state index contributed by atoms with van der Waals surface area (Å²) < 4.78 is 10.2. The summed E-state index contributed by atoms with van der Waals surface area (Å²) in [7, 11) is 0. The Balaban J connectivity index is 2.32. The summed E-state index contributed by atoms with van der Waals surface area (Å²) in [6, 6.07) is 5.59. The van der Waals surface area contributed by atoms with Crippen molar-refractivity contribution in [1.29, 1.82) is 0 Å². The van der Waals surface area contributed by atoms with Crippen LogP contribution in [-0.2, 0) is 4.74 Å². The molecule has 1 heterocycles. The standard InChI is InChI=1S/C12H11NO5/c1-2-5-17-12(14)11-7-8-6-9(13(15)16)3-4-10(8)18-11/h3-4,6-7H,2,5H2,1H3. The third-order valence-corrected chi connectivity index (χ3v) is 2.35. The molecule has 1 aromatic heterocycles. The van der Waals surface area contributed by atoms with E-state index in [1.54, 1.807) is 0 Å². The number of carbonyl (C=O) groups is 1. The van der Waals surface area contributed by atoms with Crippen LogP contribution in [0, 0.1) is 10.1 Å². The molecule has 0 radical (unpaired) electrons. The Bertz CT molecular complexity index is 602. The summed E-state index contributed by atoms with van der Waals surface area (Å²) in [6.07, 6.45) is 0.720. The minimum Gasteiger partial charge on any atom is -0.460 e. The molecule has 0 saturated heterocycles. The van der Waals surface area contributed by atoms with Crippen LogP contribution in [0.5, 0.6) is 0 Å². The van der Waals surface area contributed by atoms with Gasteiger partial charge in [-0.15, -0.1) is 0 Å². The molecule has 94 valence electrons. The highest BCUT2D eigenvalue weighted by Crippen LogP contribution is 2.24. The maximum atomic E-state index is 11.5. The van der Waals surface area contributed by atoms with Gasteiger partial charge in [0.1, 0.15) is 5.58 Å². The van der Waals surface area contributed by atoms with Crippen molar-refractivity contribution >= 4 is 22.6 Å². The molecule has 0 spiro atoms. The molecule has 0 aliphatic rings. The fourth-order valence-electron chi connectivity index (χ4n) is 1.51. The maximum absolute atomic E-state index is 11.5. The SMILES string of the molecule is CCCOC(=O)c1cc2cc([N+](=O)[O-])ccc2o1. The first kappa shape index (κ1) is 12.1. The van der Waals surface area contributed by atoms with Gasteiger partial charge in [-0.2, -0.15) is 0 Å². The lowest BCUT2D eigenvalue weighted by molar-refractivity contribution is -0.384. The molecule has 0 aliphatic carbocycles. The number of fused-ring (bicyclic) bond motifs is 1. The second kappa shape index (κ2) is 4.87. The molecule has 6 nitrogen and oxygen atoms in total. The summed E-state index contributed by atoms with van der Waals surface area (Å²) in [5.41, 5.74) is 0.376. The number of benzene rings is 1. The molecule has 0 aliphatic heterocycles. The monoisotopic (exact) mass is 249 g/mol. The van der Waals surface area contributed by atoms with Crippen molar-refractivity contribution in [2.24, 2.45) is 0 Å². The highest BCUT2D eigenvalue weighted by atomic mass is 16.6. The number of nitro groups is 1. The van der Waals surface area contributed by atoms with Crippen LogP contribution in [0.25, 0.3) is 11.0 Å². The predicted octanol–water partition coefficient (Wildman–Crippen LogP) is 2.91. The van der Waals surface area contributed by atoms with Crippen molar-refractivity contribution in [3.8, 4) is 0 Å². The van der Waals surface area contributed by atoms with Gasteiger partial charge < -0.3 is 9.15 Å². The van der Waals surface area contributed by atoms with Gasteiger partial charge in [0.25, 0.3) is 5.69 Å². The average molecular weight is 249 g/mol. The van der Waals surface area contributed by atoms with Gasteiger partial charge >= 0.3 is 5.97 Å². The van der Waals surface area contributed by atoms with Crippen LogP contribution in [-0.4, -0.2) is 17.5 Å². The molecule has 2 aromatic rings. The first-order valence-electron chi connectivity index (χ1n) is 5.47. The summed E-state index contributed by atoms with van der Waals surface area (Å²) in [6.45, 7) is 2.20. The van der Waals surface area contributed by atoms with Gasteiger partial charge in [0.05, 0.1) is 11.5 Å². The van der Waals surface area contributed by atoms with Gasteiger partial charge in [0.2, 0.25) is 5.76 Å². The molecule has 0 amide bonds. The Morgan fingerprint density at radius 1 is 1.44 bits per heavy atom. The van der Waals surface area contributed by atoms with Crippen LogP contribution >= 0.6 is 0 Å². The van der Waals surface area contributed by atoms with Gasteiger partial charge in [0.15, 0.2) is 0 Å². The van der Waals surface area contributed by atoms with Crippen molar-refractivity contribution in [1.82, 2.24) is 0 Å². The fraction of sp³-hybridized carbons (Fsp3) is 0.250. The van der Waals surface area contributed by atoms with E-state index in [1.165, 1.54) is 24.3 Å². The molecule has 2 rings (SSSR count). The molecular weight excluding hydrogens is 238 g/mol. The van der Waals surface area contributed by atoms with Crippen molar-refractivity contribution < 1.29 is 18.9 Å². The van der Waals surface area contributed by atoms with Crippen LogP contribution in [0.15, 0.2) is 28.7 Å². The molecule has 6 heteroatoms. The third-order valence-electron chi connectivity index (χ3n) is 2.35. The first-order chi connectivity index (χ1) is 8.61. The number of hydrogen-bond donors (Lipinski definition) is 0. The highest BCUT2D eigenvalue weighted by Gasteiger charge is 2.15. The summed E-state index contributed by atoms with van der Waals surface area (Å²) in [4.78, 5) is 21.7. The molecule has 18 heavy (non-hydrogen) atoms. The van der Waals surface area contributed by atoms with Crippen LogP contribution in [0.3, 0.4) is 0 Å². The third kappa shape index (κ3) is 2.32. The lowest BCUT2D eigenvalue weighted by Crippen LogP contribution is -2.04. The number of esters is 1. The number of hydrogen-bond acceptors (Lipinski definition) is 5. The molecule has 0 fully saturated rings. The van der Waals surface area contributed by atoms with Gasteiger partial charge in [0, 0.05) is 17.5 Å². The van der Waals surface area contributed by atoms with E-state index in [-0.39, 0.29) is 11.4 Å². The van der Waals surface area contributed by atoms with Crippen LogP contribution in [0.1, 0.15) is 23.9 Å². The Kier molecular flexibility index (Phi) is 3.27. The number of rotatable bonds is 4. The lowest BCUT2D eigenvalue weighted by Gasteiger charge is -1.98. The minimum absolute atomic E-state index is 0.0447. The summed E-state index contributed by atoms with van der Waals surface area (Å²) in [5.74, 6) is -0.505. The smallest absolute Gasteiger partial charge is 0.374 e. The van der Waals surface area contributed by atoms with Gasteiger partial charge in [-0.1, -0.05) is 6.92 Å². The molecular formula is C12H11NO5. The van der Waals surface area contributed by atoms with E-state index in [2.05, 4.69) is 0 Å². The number of nitrogens with zero attached hydrogens (tertiary/aromatic N) is 1. The Hall–Kier alpha value is -2.37. The van der Waals surface area contributed by atoms with Crippen LogP contribution in [0.4, 0.5) is 5.69 Å².